The summed E-state index contributed by atoms with van der Waals surface area (Å²) in [7, 11) is 0. The Bertz CT molecular complexity index is 1050. The molecule has 0 atom stereocenters. The summed E-state index contributed by atoms with van der Waals surface area (Å²) in [6.07, 6.45) is 3.40. The molecule has 2 heterocycles. The molecule has 0 bridgehead atoms. The van der Waals surface area contributed by atoms with Gasteiger partial charge < -0.3 is 4.74 Å². The van der Waals surface area contributed by atoms with E-state index in [0.717, 1.165) is 15.8 Å². The average molecular weight is 393 g/mol. The van der Waals surface area contributed by atoms with Crippen LogP contribution in [-0.2, 0) is 11.3 Å². The number of pyridine rings is 1. The maximum Gasteiger partial charge on any atom is 0.267 e. The van der Waals surface area contributed by atoms with Crippen molar-refractivity contribution in [2.45, 2.75) is 6.54 Å². The predicted molar refractivity (Wildman–Crippen MR) is 107 cm³/mol. The number of thiazole rings is 1. The molecule has 0 spiro atoms. The minimum Gasteiger partial charge on any atom is -0.484 e. The van der Waals surface area contributed by atoms with Crippen LogP contribution in [0.1, 0.15) is 5.56 Å². The second kappa shape index (κ2) is 8.14. The van der Waals surface area contributed by atoms with E-state index in [1.165, 1.54) is 35.6 Å². The van der Waals surface area contributed by atoms with Crippen molar-refractivity contribution < 1.29 is 13.9 Å². The van der Waals surface area contributed by atoms with Gasteiger partial charge >= 0.3 is 0 Å². The van der Waals surface area contributed by atoms with Gasteiger partial charge in [-0.05, 0) is 48.0 Å². The Morgan fingerprint density at radius 3 is 2.64 bits per heavy atom. The van der Waals surface area contributed by atoms with Crippen LogP contribution in [0.5, 0.6) is 5.75 Å². The smallest absolute Gasteiger partial charge is 0.267 e. The monoisotopic (exact) mass is 393 g/mol. The Kier molecular flexibility index (Phi) is 5.25. The molecule has 4 rings (SSSR count). The van der Waals surface area contributed by atoms with Gasteiger partial charge in [-0.15, -0.1) is 0 Å². The molecule has 2 aromatic carbocycles. The number of benzene rings is 2. The molecule has 0 saturated carbocycles. The van der Waals surface area contributed by atoms with Crippen LogP contribution in [0.3, 0.4) is 0 Å². The fraction of sp³-hybridized carbons (Fsp3) is 0.0952. The number of halogens is 1. The third kappa shape index (κ3) is 4.15. The van der Waals surface area contributed by atoms with Gasteiger partial charge in [0.05, 0.1) is 16.8 Å². The first-order valence-corrected chi connectivity index (χ1v) is 9.44. The molecule has 0 aliphatic carbocycles. The first kappa shape index (κ1) is 18.1. The fourth-order valence-corrected chi connectivity index (χ4v) is 3.65. The van der Waals surface area contributed by atoms with Crippen molar-refractivity contribution in [1.82, 2.24) is 9.97 Å². The number of fused-ring (bicyclic) bond motifs is 1. The molecule has 0 radical (unpaired) electrons. The van der Waals surface area contributed by atoms with Crippen molar-refractivity contribution in [2.75, 3.05) is 11.5 Å². The lowest BCUT2D eigenvalue weighted by Crippen LogP contribution is -2.34. The number of hydrogen-bond donors (Lipinski definition) is 0. The van der Waals surface area contributed by atoms with Crippen molar-refractivity contribution in [2.24, 2.45) is 0 Å². The largest absolute Gasteiger partial charge is 0.484 e. The van der Waals surface area contributed by atoms with Crippen LogP contribution in [0.15, 0.2) is 73.1 Å². The number of ether oxygens (including phenoxy) is 1. The summed E-state index contributed by atoms with van der Waals surface area (Å²) in [5.41, 5.74) is 1.72. The Morgan fingerprint density at radius 2 is 1.89 bits per heavy atom. The first-order valence-electron chi connectivity index (χ1n) is 8.62. The number of carbonyl (C=O) groups is 1. The van der Waals surface area contributed by atoms with E-state index in [0.29, 0.717) is 17.4 Å². The maximum absolute atomic E-state index is 13.0. The summed E-state index contributed by atoms with van der Waals surface area (Å²) in [5, 5.41) is 0.595. The van der Waals surface area contributed by atoms with Crippen molar-refractivity contribution in [3.63, 3.8) is 0 Å². The molecule has 0 N–H and O–H groups in total. The van der Waals surface area contributed by atoms with E-state index < -0.39 is 0 Å². The number of nitrogens with zero attached hydrogens (tertiary/aromatic N) is 3. The molecule has 0 fully saturated rings. The lowest BCUT2D eigenvalue weighted by molar-refractivity contribution is -0.120. The summed E-state index contributed by atoms with van der Waals surface area (Å²) in [5.74, 6) is -0.168. The average Bonchev–Trinajstić information content (AvgIpc) is 3.16. The fourth-order valence-electron chi connectivity index (χ4n) is 2.67. The molecular weight excluding hydrogens is 377 g/mol. The summed E-state index contributed by atoms with van der Waals surface area (Å²) < 4.78 is 19.6. The van der Waals surface area contributed by atoms with Crippen molar-refractivity contribution >= 4 is 32.6 Å². The van der Waals surface area contributed by atoms with Gasteiger partial charge in [-0.2, -0.15) is 0 Å². The van der Waals surface area contributed by atoms with Crippen molar-refractivity contribution in [3.8, 4) is 5.75 Å². The highest BCUT2D eigenvalue weighted by Gasteiger charge is 2.21. The predicted octanol–water partition coefficient (Wildman–Crippen LogP) is 4.44. The van der Waals surface area contributed by atoms with Gasteiger partial charge in [0.1, 0.15) is 11.6 Å². The first-order chi connectivity index (χ1) is 13.7. The van der Waals surface area contributed by atoms with Crippen LogP contribution in [0.25, 0.3) is 10.2 Å². The number of hydrogen-bond acceptors (Lipinski definition) is 5. The van der Waals surface area contributed by atoms with Gasteiger partial charge in [-0.3, -0.25) is 14.7 Å². The molecule has 4 aromatic rings. The van der Waals surface area contributed by atoms with Gasteiger partial charge in [0.15, 0.2) is 11.7 Å². The molecule has 0 aliphatic rings. The normalized spacial score (nSPS) is 10.8. The summed E-state index contributed by atoms with van der Waals surface area (Å²) in [6.45, 7) is 0.154. The lowest BCUT2D eigenvalue weighted by Gasteiger charge is -2.20. The highest BCUT2D eigenvalue weighted by atomic mass is 32.1. The zero-order chi connectivity index (χ0) is 19.3. The van der Waals surface area contributed by atoms with Crippen LogP contribution in [0.2, 0.25) is 0 Å². The van der Waals surface area contributed by atoms with E-state index >= 15 is 0 Å². The molecule has 0 aliphatic heterocycles. The highest BCUT2D eigenvalue weighted by molar-refractivity contribution is 7.22. The van der Waals surface area contributed by atoms with E-state index in [1.54, 1.807) is 17.3 Å². The Morgan fingerprint density at radius 1 is 1.07 bits per heavy atom. The number of aromatic nitrogens is 2. The second-order valence-electron chi connectivity index (χ2n) is 6.05. The molecule has 2 aromatic heterocycles. The number of anilines is 1. The van der Waals surface area contributed by atoms with E-state index in [-0.39, 0.29) is 18.3 Å². The maximum atomic E-state index is 13.0. The number of rotatable bonds is 6. The summed E-state index contributed by atoms with van der Waals surface area (Å²) in [6, 6.07) is 17.0. The van der Waals surface area contributed by atoms with Gasteiger partial charge in [-0.1, -0.05) is 29.5 Å². The van der Waals surface area contributed by atoms with Gasteiger partial charge in [0.2, 0.25) is 0 Å². The van der Waals surface area contributed by atoms with Crippen molar-refractivity contribution in [1.29, 1.82) is 0 Å². The quantitative estimate of drug-likeness (QED) is 0.486. The van der Waals surface area contributed by atoms with E-state index in [1.807, 2.05) is 36.4 Å². The number of carbonyl (C=O) groups excluding carboxylic acids is 1. The zero-order valence-corrected chi connectivity index (χ0v) is 15.6. The lowest BCUT2D eigenvalue weighted by atomic mass is 10.2. The molecular formula is C21H16FN3O2S. The number of para-hydroxylation sites is 1. The third-order valence-electron chi connectivity index (χ3n) is 4.05. The van der Waals surface area contributed by atoms with Gasteiger partial charge in [0.25, 0.3) is 5.91 Å². The van der Waals surface area contributed by atoms with Crippen LogP contribution in [0.4, 0.5) is 9.52 Å². The molecule has 5 nitrogen and oxygen atoms in total. The minimum atomic E-state index is -0.355. The standard InChI is InChI=1S/C21H16FN3O2S/c22-16-7-9-17(10-8-16)27-14-20(26)25(13-15-4-3-11-23-12-15)21-24-18-5-1-2-6-19(18)28-21/h1-12H,13-14H2. The molecule has 28 heavy (non-hydrogen) atoms. The van der Waals surface area contributed by atoms with E-state index in [4.69, 9.17) is 4.74 Å². The van der Waals surface area contributed by atoms with Crippen LogP contribution >= 0.6 is 11.3 Å². The summed E-state index contributed by atoms with van der Waals surface area (Å²) in [4.78, 5) is 23.2. The third-order valence-corrected chi connectivity index (χ3v) is 5.11. The van der Waals surface area contributed by atoms with Crippen LogP contribution in [0, 0.1) is 5.82 Å². The van der Waals surface area contributed by atoms with Gasteiger partial charge in [0, 0.05) is 12.4 Å². The van der Waals surface area contributed by atoms with Gasteiger partial charge in [-0.25, -0.2) is 9.37 Å². The zero-order valence-electron chi connectivity index (χ0n) is 14.8. The van der Waals surface area contributed by atoms with Crippen LogP contribution in [-0.4, -0.2) is 22.5 Å². The Hall–Kier alpha value is -3.32. The topological polar surface area (TPSA) is 55.3 Å². The highest BCUT2D eigenvalue weighted by Crippen LogP contribution is 2.29. The Labute approximate surface area is 165 Å². The van der Waals surface area contributed by atoms with Crippen molar-refractivity contribution in [3.05, 3.63) is 84.4 Å². The molecule has 140 valence electrons. The molecule has 0 saturated heterocycles. The molecule has 7 heteroatoms. The Balaban J connectivity index is 1.58. The SMILES string of the molecule is O=C(COc1ccc(F)cc1)N(Cc1cccnc1)c1nc2ccccc2s1. The van der Waals surface area contributed by atoms with E-state index in [2.05, 4.69) is 9.97 Å². The second-order valence-corrected chi connectivity index (χ2v) is 7.06. The number of amides is 1. The summed E-state index contributed by atoms with van der Waals surface area (Å²) >= 11 is 1.45. The van der Waals surface area contributed by atoms with Crippen LogP contribution < -0.4 is 9.64 Å². The molecule has 1 amide bonds. The minimum absolute atomic E-state index is 0.179. The molecule has 0 unspecified atom stereocenters. The van der Waals surface area contributed by atoms with E-state index in [9.17, 15) is 9.18 Å².